The Morgan fingerprint density at radius 3 is 2.66 bits per heavy atom. The van der Waals surface area contributed by atoms with Gasteiger partial charge in [-0.1, -0.05) is 50.5 Å². The molecule has 2 N–H and O–H groups in total. The highest BCUT2D eigenvalue weighted by molar-refractivity contribution is 6.03. The topological polar surface area (TPSA) is 106 Å². The van der Waals surface area contributed by atoms with Crippen LogP contribution in [0.2, 0.25) is 0 Å². The number of hydrogen-bond acceptors (Lipinski definition) is 5. The Kier molecular flexibility index (Phi) is 10.6. The molecule has 1 saturated carbocycles. The van der Waals surface area contributed by atoms with E-state index in [4.69, 9.17) is 4.74 Å². The lowest BCUT2D eigenvalue weighted by Gasteiger charge is -2.32. The smallest absolute Gasteiger partial charge is 0.435 e. The highest BCUT2D eigenvalue weighted by Gasteiger charge is 2.36. The molecule has 2 heterocycles. The maximum absolute atomic E-state index is 15.1. The third-order valence-corrected chi connectivity index (χ3v) is 8.14. The van der Waals surface area contributed by atoms with Crippen LogP contribution in [0.15, 0.2) is 60.8 Å². The van der Waals surface area contributed by atoms with E-state index in [0.29, 0.717) is 48.8 Å². The highest BCUT2D eigenvalue weighted by Crippen LogP contribution is 2.39. The molecule has 0 bridgehead atoms. The van der Waals surface area contributed by atoms with E-state index < -0.39 is 41.4 Å². The summed E-state index contributed by atoms with van der Waals surface area (Å²) in [5.74, 6) is -1.28. The minimum absolute atomic E-state index is 0.0162. The number of alkyl halides is 3. The van der Waals surface area contributed by atoms with Crippen molar-refractivity contribution in [2.45, 2.75) is 77.1 Å². The minimum atomic E-state index is -4.86. The van der Waals surface area contributed by atoms with E-state index in [-0.39, 0.29) is 30.4 Å². The van der Waals surface area contributed by atoms with Crippen LogP contribution in [0.25, 0.3) is 5.69 Å². The fourth-order valence-corrected chi connectivity index (χ4v) is 5.39. The summed E-state index contributed by atoms with van der Waals surface area (Å²) in [6, 6.07) is 10.5. The van der Waals surface area contributed by atoms with Gasteiger partial charge in [0, 0.05) is 25.2 Å². The lowest BCUT2D eigenvalue weighted by atomic mass is 9.97. The summed E-state index contributed by atoms with van der Waals surface area (Å²) >= 11 is 0. The van der Waals surface area contributed by atoms with E-state index in [1.807, 2.05) is 13.0 Å². The Hall–Kier alpha value is -4.68. The monoisotopic (exact) mass is 655 g/mol. The van der Waals surface area contributed by atoms with Crippen molar-refractivity contribution in [1.29, 1.82) is 0 Å². The van der Waals surface area contributed by atoms with Crippen LogP contribution in [0, 0.1) is 11.7 Å². The summed E-state index contributed by atoms with van der Waals surface area (Å²) < 4.78 is 62.4. The molecule has 3 amide bonds. The molecule has 1 atom stereocenters. The molecule has 9 nitrogen and oxygen atoms in total. The zero-order chi connectivity index (χ0) is 33.6. The fourth-order valence-electron chi connectivity index (χ4n) is 5.39. The van der Waals surface area contributed by atoms with Gasteiger partial charge in [-0.25, -0.2) is 13.9 Å². The lowest BCUT2D eigenvalue weighted by Crippen LogP contribution is -2.32. The Morgan fingerprint density at radius 1 is 1.13 bits per heavy atom. The minimum Gasteiger partial charge on any atom is -0.450 e. The molecule has 13 heteroatoms. The van der Waals surface area contributed by atoms with Crippen molar-refractivity contribution < 1.29 is 36.7 Å². The fraction of sp³-hybridized carbons (Fsp3) is 0.412. The van der Waals surface area contributed by atoms with Crippen molar-refractivity contribution in [2.24, 2.45) is 5.92 Å². The summed E-state index contributed by atoms with van der Waals surface area (Å²) in [4.78, 5) is 39.9. The number of halogens is 4. The van der Waals surface area contributed by atoms with Crippen molar-refractivity contribution >= 4 is 23.6 Å². The number of ether oxygens (including phenoxy) is 1. The predicted molar refractivity (Wildman–Crippen MR) is 166 cm³/mol. The van der Waals surface area contributed by atoms with Crippen molar-refractivity contribution in [3.05, 3.63) is 89.1 Å². The number of carbonyl (C=O) groups is 3. The Labute approximate surface area is 270 Å². The second-order valence-electron chi connectivity index (χ2n) is 11.8. The highest BCUT2D eigenvalue weighted by atomic mass is 19.4. The molecule has 1 aromatic heterocycles. The summed E-state index contributed by atoms with van der Waals surface area (Å²) in [6.45, 7) is 2.23. The van der Waals surface area contributed by atoms with Crippen LogP contribution >= 0.6 is 0 Å². The number of nitrogens with one attached hydrogen (secondary N) is 2. The van der Waals surface area contributed by atoms with Gasteiger partial charge in [-0.2, -0.15) is 18.3 Å². The SMILES string of the molecule is CCCCOC(=O)NCc1cccc(-n2nc(C(F)(F)F)cc2C(=O)Nc2cc(C(CCC3CC3)N3C=CCCC3=O)ccc2F)c1. The third-order valence-electron chi connectivity index (χ3n) is 8.14. The zero-order valence-electron chi connectivity index (χ0n) is 26.0. The molecular weight excluding hydrogens is 618 g/mol. The number of rotatable bonds is 13. The van der Waals surface area contributed by atoms with Gasteiger partial charge >= 0.3 is 12.3 Å². The number of anilines is 1. The van der Waals surface area contributed by atoms with Gasteiger partial charge in [0.05, 0.1) is 24.0 Å². The first-order chi connectivity index (χ1) is 22.5. The molecule has 5 rings (SSSR count). The van der Waals surface area contributed by atoms with Gasteiger partial charge in [0.1, 0.15) is 11.5 Å². The number of carbonyl (C=O) groups excluding carboxylic acids is 3. The number of nitrogens with zero attached hydrogens (tertiary/aromatic N) is 3. The van der Waals surface area contributed by atoms with E-state index in [1.165, 1.54) is 24.3 Å². The number of aromatic nitrogens is 2. The Morgan fingerprint density at radius 2 is 1.94 bits per heavy atom. The van der Waals surface area contributed by atoms with Gasteiger partial charge in [0.25, 0.3) is 5.91 Å². The average molecular weight is 656 g/mol. The summed E-state index contributed by atoms with van der Waals surface area (Å²) in [5.41, 5.74) is -0.795. The van der Waals surface area contributed by atoms with E-state index in [2.05, 4.69) is 15.7 Å². The van der Waals surface area contributed by atoms with Gasteiger partial charge in [-0.3, -0.25) is 9.59 Å². The van der Waals surface area contributed by atoms with Gasteiger partial charge < -0.3 is 20.3 Å². The van der Waals surface area contributed by atoms with E-state index in [9.17, 15) is 27.6 Å². The maximum atomic E-state index is 15.1. The average Bonchev–Trinajstić information content (AvgIpc) is 3.75. The molecule has 0 saturated heterocycles. The largest absolute Gasteiger partial charge is 0.450 e. The summed E-state index contributed by atoms with van der Waals surface area (Å²) in [5, 5.41) is 8.67. The first-order valence-corrected chi connectivity index (χ1v) is 15.8. The molecule has 250 valence electrons. The van der Waals surface area contributed by atoms with Crippen molar-refractivity contribution in [2.75, 3.05) is 11.9 Å². The van der Waals surface area contributed by atoms with Crippen LogP contribution in [0.1, 0.15) is 91.6 Å². The van der Waals surface area contributed by atoms with Crippen LogP contribution in [-0.2, 0) is 22.3 Å². The standard InChI is InChI=1S/C34H37F4N5O4/c1-2-3-17-47-33(46)39-21-23-7-6-8-25(18-23)43-29(20-30(41-43)34(36,37)38)32(45)40-27-19-24(13-14-26(27)35)28(15-12-22-10-11-22)42-16-5-4-9-31(42)44/h5-8,13-14,16,18-20,22,28H,2-4,9-12,15,17,21H2,1H3,(H,39,46)(H,40,45). The first-order valence-electron chi connectivity index (χ1n) is 15.8. The lowest BCUT2D eigenvalue weighted by molar-refractivity contribution is -0.141. The van der Waals surface area contributed by atoms with Crippen LogP contribution in [0.5, 0.6) is 0 Å². The van der Waals surface area contributed by atoms with Crippen LogP contribution in [-0.4, -0.2) is 39.2 Å². The number of unbranched alkanes of at least 4 members (excludes halogenated alkanes) is 1. The summed E-state index contributed by atoms with van der Waals surface area (Å²) in [7, 11) is 0. The third kappa shape index (κ3) is 8.78. The number of allylic oxidation sites excluding steroid dienone is 1. The molecule has 1 unspecified atom stereocenters. The molecule has 1 aliphatic carbocycles. The Balaban J connectivity index is 1.40. The molecule has 1 fully saturated rings. The van der Waals surface area contributed by atoms with E-state index in [0.717, 1.165) is 30.4 Å². The quantitative estimate of drug-likeness (QED) is 0.145. The maximum Gasteiger partial charge on any atom is 0.435 e. The second kappa shape index (κ2) is 14.8. The number of alkyl carbamates (subject to hydrolysis) is 1. The van der Waals surface area contributed by atoms with Crippen LogP contribution in [0.4, 0.5) is 28.0 Å². The normalized spacial score (nSPS) is 15.4. The van der Waals surface area contributed by atoms with Crippen molar-refractivity contribution in [1.82, 2.24) is 20.0 Å². The van der Waals surface area contributed by atoms with Crippen molar-refractivity contribution in [3.63, 3.8) is 0 Å². The van der Waals surface area contributed by atoms with Crippen molar-refractivity contribution in [3.8, 4) is 5.69 Å². The molecule has 3 aromatic rings. The van der Waals surface area contributed by atoms with E-state index >= 15 is 4.39 Å². The molecule has 47 heavy (non-hydrogen) atoms. The van der Waals surface area contributed by atoms with Crippen LogP contribution in [0.3, 0.4) is 0 Å². The molecule has 0 radical (unpaired) electrons. The first kappa shape index (κ1) is 33.7. The molecule has 1 aliphatic heterocycles. The molecule has 2 aromatic carbocycles. The summed E-state index contributed by atoms with van der Waals surface area (Å²) in [6.07, 6.45) is 4.46. The molecular formula is C34H37F4N5O4. The van der Waals surface area contributed by atoms with Gasteiger partial charge in [0.15, 0.2) is 5.69 Å². The number of amides is 3. The molecule has 0 spiro atoms. The van der Waals surface area contributed by atoms with Gasteiger partial charge in [-0.05, 0) is 67.0 Å². The van der Waals surface area contributed by atoms with E-state index in [1.54, 1.807) is 29.3 Å². The number of hydrogen-bond donors (Lipinski definition) is 2. The second-order valence-corrected chi connectivity index (χ2v) is 11.8. The molecule has 2 aliphatic rings. The van der Waals surface area contributed by atoms with Crippen LogP contribution < -0.4 is 10.6 Å². The Bertz CT molecular complexity index is 1630. The van der Waals surface area contributed by atoms with Gasteiger partial charge in [0.2, 0.25) is 5.91 Å². The number of benzene rings is 2. The zero-order valence-corrected chi connectivity index (χ0v) is 26.0. The van der Waals surface area contributed by atoms with Gasteiger partial charge in [-0.15, -0.1) is 0 Å². The predicted octanol–water partition coefficient (Wildman–Crippen LogP) is 7.68.